The Hall–Kier alpha value is -0.0800. The molecule has 0 aromatic carbocycles. The topological polar surface area (TPSA) is 24.1 Å². The Labute approximate surface area is 164 Å². The number of unbranched alkanes of at least 4 members (excludes halogenated alkanes) is 9. The van der Waals surface area contributed by atoms with Crippen LogP contribution in [-0.4, -0.2) is 24.7 Å². The molecule has 0 aromatic heterocycles. The highest BCUT2D eigenvalue weighted by molar-refractivity contribution is 4.89. The molecule has 0 radical (unpaired) electrons. The Morgan fingerprint density at radius 3 is 1.77 bits per heavy atom. The van der Waals surface area contributed by atoms with E-state index < -0.39 is 0 Å². The number of hydrogen-bond donors (Lipinski definition) is 2. The molecule has 2 aliphatic rings. The third kappa shape index (κ3) is 9.74. The molecule has 2 N–H and O–H groups in total. The first-order chi connectivity index (χ1) is 12.9. The van der Waals surface area contributed by atoms with Gasteiger partial charge in [0.05, 0.1) is 0 Å². The zero-order chi connectivity index (χ0) is 18.3. The summed E-state index contributed by atoms with van der Waals surface area (Å²) in [6.07, 6.45) is 27.2. The van der Waals surface area contributed by atoms with Gasteiger partial charge in [-0.05, 0) is 38.6 Å². The van der Waals surface area contributed by atoms with Gasteiger partial charge in [-0.1, -0.05) is 96.8 Å². The van der Waals surface area contributed by atoms with Crippen molar-refractivity contribution in [3.63, 3.8) is 0 Å². The van der Waals surface area contributed by atoms with E-state index in [0.717, 1.165) is 18.1 Å². The molecule has 0 amide bonds. The van der Waals surface area contributed by atoms with E-state index in [0.29, 0.717) is 0 Å². The Balaban J connectivity index is 1.46. The number of nitrogens with one attached hydrogen (secondary N) is 2. The Morgan fingerprint density at radius 2 is 1.12 bits per heavy atom. The lowest BCUT2D eigenvalue weighted by Crippen LogP contribution is -2.53. The lowest BCUT2D eigenvalue weighted by molar-refractivity contribution is 0.240. The second-order valence-corrected chi connectivity index (χ2v) is 9.14. The van der Waals surface area contributed by atoms with Crippen molar-refractivity contribution in [1.29, 1.82) is 0 Å². The van der Waals surface area contributed by atoms with Gasteiger partial charge in [-0.2, -0.15) is 0 Å². The summed E-state index contributed by atoms with van der Waals surface area (Å²) < 4.78 is 0. The van der Waals surface area contributed by atoms with Crippen LogP contribution in [0.3, 0.4) is 0 Å². The third-order valence-corrected chi connectivity index (χ3v) is 6.76. The Bertz CT molecular complexity index is 311. The summed E-state index contributed by atoms with van der Waals surface area (Å²) in [6.45, 7) is 3.54. The fraction of sp³-hybridized carbons (Fsp3) is 1.00. The van der Waals surface area contributed by atoms with Gasteiger partial charge in [-0.15, -0.1) is 0 Å². The molecule has 2 atom stereocenters. The zero-order valence-electron chi connectivity index (χ0n) is 17.9. The molecule has 2 unspecified atom stereocenters. The van der Waals surface area contributed by atoms with E-state index in [4.69, 9.17) is 0 Å². The van der Waals surface area contributed by atoms with Gasteiger partial charge in [0.15, 0.2) is 0 Å². The van der Waals surface area contributed by atoms with Crippen molar-refractivity contribution in [2.45, 2.75) is 147 Å². The van der Waals surface area contributed by atoms with Crippen LogP contribution in [0.15, 0.2) is 0 Å². The average molecular weight is 365 g/mol. The summed E-state index contributed by atoms with van der Waals surface area (Å²) in [6, 6.07) is 2.30. The van der Waals surface area contributed by atoms with Crippen molar-refractivity contribution in [3.8, 4) is 0 Å². The maximum Gasteiger partial charge on any atom is 0.0223 e. The van der Waals surface area contributed by atoms with Crippen molar-refractivity contribution >= 4 is 0 Å². The summed E-state index contributed by atoms with van der Waals surface area (Å²) in [5.41, 5.74) is 0. The minimum Gasteiger partial charge on any atom is -0.312 e. The van der Waals surface area contributed by atoms with Crippen molar-refractivity contribution in [2.75, 3.05) is 6.54 Å². The van der Waals surface area contributed by atoms with Gasteiger partial charge in [0.25, 0.3) is 0 Å². The molecule has 0 aliphatic heterocycles. The van der Waals surface area contributed by atoms with Gasteiger partial charge in [0, 0.05) is 18.1 Å². The maximum absolute atomic E-state index is 4.04. The van der Waals surface area contributed by atoms with Crippen LogP contribution < -0.4 is 10.6 Å². The Morgan fingerprint density at radius 1 is 0.577 bits per heavy atom. The second kappa shape index (κ2) is 14.9. The van der Waals surface area contributed by atoms with Crippen LogP contribution in [0.25, 0.3) is 0 Å². The van der Waals surface area contributed by atoms with Crippen LogP contribution in [0, 0.1) is 0 Å². The quantitative estimate of drug-likeness (QED) is 0.334. The first-order valence-electron chi connectivity index (χ1n) is 12.4. The van der Waals surface area contributed by atoms with Gasteiger partial charge in [0.1, 0.15) is 0 Å². The number of rotatable bonds is 14. The standard InChI is InChI=1S/C24H48N2/c1-2-3-4-5-6-7-8-9-10-16-21-25-23-19-14-15-20-24(23)26-22-17-12-11-13-18-22/h22-26H,2-21H2,1H3. The molecular formula is C24H48N2. The molecule has 154 valence electrons. The third-order valence-electron chi connectivity index (χ3n) is 6.76. The van der Waals surface area contributed by atoms with Crippen molar-refractivity contribution in [2.24, 2.45) is 0 Å². The van der Waals surface area contributed by atoms with E-state index in [-0.39, 0.29) is 0 Å². The van der Waals surface area contributed by atoms with E-state index in [2.05, 4.69) is 17.6 Å². The predicted octanol–water partition coefficient (Wildman–Crippen LogP) is 6.73. The highest BCUT2D eigenvalue weighted by Crippen LogP contribution is 2.23. The van der Waals surface area contributed by atoms with E-state index in [1.807, 2.05) is 0 Å². The van der Waals surface area contributed by atoms with E-state index in [1.165, 1.54) is 129 Å². The van der Waals surface area contributed by atoms with Crippen LogP contribution in [0.5, 0.6) is 0 Å². The van der Waals surface area contributed by atoms with Gasteiger partial charge in [-0.25, -0.2) is 0 Å². The van der Waals surface area contributed by atoms with Crippen LogP contribution in [-0.2, 0) is 0 Å². The summed E-state index contributed by atoms with van der Waals surface area (Å²) >= 11 is 0. The lowest BCUT2D eigenvalue weighted by atomic mass is 9.87. The normalized spacial score (nSPS) is 24.8. The Kier molecular flexibility index (Phi) is 12.7. The van der Waals surface area contributed by atoms with Crippen LogP contribution in [0.4, 0.5) is 0 Å². The molecule has 0 spiro atoms. The van der Waals surface area contributed by atoms with Gasteiger partial charge in [-0.3, -0.25) is 0 Å². The lowest BCUT2D eigenvalue weighted by Gasteiger charge is -2.37. The summed E-state index contributed by atoms with van der Waals surface area (Å²) in [7, 11) is 0. The molecule has 0 aromatic rings. The molecule has 26 heavy (non-hydrogen) atoms. The number of hydrogen-bond acceptors (Lipinski definition) is 2. The molecule has 2 fully saturated rings. The summed E-state index contributed by atoms with van der Waals surface area (Å²) in [5.74, 6) is 0. The predicted molar refractivity (Wildman–Crippen MR) is 116 cm³/mol. The largest absolute Gasteiger partial charge is 0.312 e. The monoisotopic (exact) mass is 364 g/mol. The van der Waals surface area contributed by atoms with Gasteiger partial charge < -0.3 is 10.6 Å². The van der Waals surface area contributed by atoms with Crippen molar-refractivity contribution in [3.05, 3.63) is 0 Å². The van der Waals surface area contributed by atoms with Crippen LogP contribution in [0.1, 0.15) is 129 Å². The smallest absolute Gasteiger partial charge is 0.0223 e. The fourth-order valence-electron chi connectivity index (χ4n) is 5.05. The van der Waals surface area contributed by atoms with Crippen LogP contribution >= 0.6 is 0 Å². The fourth-order valence-corrected chi connectivity index (χ4v) is 5.05. The van der Waals surface area contributed by atoms with Crippen molar-refractivity contribution < 1.29 is 0 Å². The molecule has 0 bridgehead atoms. The summed E-state index contributed by atoms with van der Waals surface area (Å²) in [4.78, 5) is 0. The van der Waals surface area contributed by atoms with E-state index in [9.17, 15) is 0 Å². The maximum atomic E-state index is 4.04. The minimum absolute atomic E-state index is 0.740. The average Bonchev–Trinajstić information content (AvgIpc) is 2.68. The minimum atomic E-state index is 0.740. The highest BCUT2D eigenvalue weighted by atomic mass is 15.0. The first kappa shape index (κ1) is 22.2. The van der Waals surface area contributed by atoms with Gasteiger partial charge in [0.2, 0.25) is 0 Å². The first-order valence-corrected chi connectivity index (χ1v) is 12.4. The zero-order valence-corrected chi connectivity index (χ0v) is 17.9. The molecule has 2 saturated carbocycles. The molecule has 2 aliphatic carbocycles. The highest BCUT2D eigenvalue weighted by Gasteiger charge is 2.27. The second-order valence-electron chi connectivity index (χ2n) is 9.14. The molecule has 0 heterocycles. The SMILES string of the molecule is CCCCCCCCCCCCNC1CCCCC1NC1CCCCC1. The van der Waals surface area contributed by atoms with E-state index >= 15 is 0 Å². The molecule has 2 heteroatoms. The van der Waals surface area contributed by atoms with E-state index in [1.54, 1.807) is 0 Å². The summed E-state index contributed by atoms with van der Waals surface area (Å²) in [5, 5.41) is 7.96. The molecular weight excluding hydrogens is 316 g/mol. The van der Waals surface area contributed by atoms with Gasteiger partial charge >= 0.3 is 0 Å². The van der Waals surface area contributed by atoms with Crippen molar-refractivity contribution in [1.82, 2.24) is 10.6 Å². The van der Waals surface area contributed by atoms with Crippen LogP contribution in [0.2, 0.25) is 0 Å². The molecule has 2 rings (SSSR count). The molecule has 0 saturated heterocycles. The molecule has 2 nitrogen and oxygen atoms in total.